The number of nitrogens with one attached hydrogen (secondary N) is 1. The van der Waals surface area contributed by atoms with Crippen molar-refractivity contribution in [2.24, 2.45) is 11.8 Å². The van der Waals surface area contributed by atoms with Gasteiger partial charge in [0.05, 0.1) is 0 Å². The minimum Gasteiger partial charge on any atom is -0.396 e. The van der Waals surface area contributed by atoms with E-state index in [0.29, 0.717) is 24.1 Å². The lowest BCUT2D eigenvalue weighted by atomic mass is 9.79. The SMILES string of the molecule is O=C(CCCCCl)NCC1CCCCC1CO. The first kappa shape index (κ1) is 14.8. The molecule has 1 aliphatic carbocycles. The van der Waals surface area contributed by atoms with Crippen LogP contribution < -0.4 is 5.32 Å². The molecule has 100 valence electrons. The molecule has 0 spiro atoms. The van der Waals surface area contributed by atoms with Gasteiger partial charge in [-0.05, 0) is 37.5 Å². The Kier molecular flexibility index (Phi) is 7.62. The van der Waals surface area contributed by atoms with E-state index in [9.17, 15) is 9.90 Å². The summed E-state index contributed by atoms with van der Waals surface area (Å²) in [6.07, 6.45) is 7.01. The highest BCUT2D eigenvalue weighted by atomic mass is 35.5. The normalized spacial score (nSPS) is 24.6. The first-order chi connectivity index (χ1) is 8.27. The minimum absolute atomic E-state index is 0.123. The third-order valence-corrected chi connectivity index (χ3v) is 3.92. The first-order valence-electron chi connectivity index (χ1n) is 6.71. The Hall–Kier alpha value is -0.280. The van der Waals surface area contributed by atoms with Gasteiger partial charge < -0.3 is 10.4 Å². The molecule has 0 radical (unpaired) electrons. The number of halogens is 1. The Labute approximate surface area is 109 Å². The number of hydrogen-bond acceptors (Lipinski definition) is 2. The summed E-state index contributed by atoms with van der Waals surface area (Å²) in [5.74, 6) is 1.60. The molecule has 2 atom stereocenters. The van der Waals surface area contributed by atoms with Gasteiger partial charge in [0.15, 0.2) is 0 Å². The molecule has 0 aromatic carbocycles. The van der Waals surface area contributed by atoms with Crippen molar-refractivity contribution in [2.45, 2.75) is 44.9 Å². The fourth-order valence-corrected chi connectivity index (χ4v) is 2.70. The molecule has 0 bridgehead atoms. The predicted octanol–water partition coefficient (Wildman–Crippen LogP) is 2.31. The van der Waals surface area contributed by atoms with Crippen LogP contribution in [0, 0.1) is 11.8 Å². The summed E-state index contributed by atoms with van der Waals surface area (Å²) < 4.78 is 0. The third-order valence-electron chi connectivity index (χ3n) is 3.65. The highest BCUT2D eigenvalue weighted by Gasteiger charge is 2.24. The van der Waals surface area contributed by atoms with E-state index in [1.54, 1.807) is 0 Å². The Balaban J connectivity index is 2.17. The molecule has 2 N–H and O–H groups in total. The van der Waals surface area contributed by atoms with E-state index in [0.717, 1.165) is 32.2 Å². The number of hydrogen-bond donors (Lipinski definition) is 2. The number of carbonyl (C=O) groups is 1. The van der Waals surface area contributed by atoms with Gasteiger partial charge in [0.25, 0.3) is 0 Å². The summed E-state index contributed by atoms with van der Waals surface area (Å²) in [6, 6.07) is 0. The van der Waals surface area contributed by atoms with Crippen LogP contribution in [0.15, 0.2) is 0 Å². The molecule has 3 nitrogen and oxygen atoms in total. The van der Waals surface area contributed by atoms with Gasteiger partial charge in [0.2, 0.25) is 5.91 Å². The van der Waals surface area contributed by atoms with E-state index in [1.165, 1.54) is 12.8 Å². The van der Waals surface area contributed by atoms with Crippen LogP contribution in [0.3, 0.4) is 0 Å². The largest absolute Gasteiger partial charge is 0.396 e. The van der Waals surface area contributed by atoms with Crippen molar-refractivity contribution in [3.8, 4) is 0 Å². The van der Waals surface area contributed by atoms with Gasteiger partial charge >= 0.3 is 0 Å². The van der Waals surface area contributed by atoms with Crippen molar-refractivity contribution < 1.29 is 9.90 Å². The molecule has 0 heterocycles. The molecule has 0 aromatic rings. The minimum atomic E-state index is 0.123. The fourth-order valence-electron chi connectivity index (χ4n) is 2.51. The topological polar surface area (TPSA) is 49.3 Å². The lowest BCUT2D eigenvalue weighted by Crippen LogP contribution is -2.35. The molecular formula is C13H24ClNO2. The van der Waals surface area contributed by atoms with Crippen LogP contribution >= 0.6 is 11.6 Å². The van der Waals surface area contributed by atoms with E-state index in [-0.39, 0.29) is 12.5 Å². The maximum absolute atomic E-state index is 11.5. The first-order valence-corrected chi connectivity index (χ1v) is 7.25. The quantitative estimate of drug-likeness (QED) is 0.546. The van der Waals surface area contributed by atoms with Crippen LogP contribution in [0.2, 0.25) is 0 Å². The second-order valence-corrected chi connectivity index (χ2v) is 5.32. The lowest BCUT2D eigenvalue weighted by molar-refractivity contribution is -0.121. The Bertz CT molecular complexity index is 223. The predicted molar refractivity (Wildman–Crippen MR) is 70.1 cm³/mol. The molecule has 0 saturated heterocycles. The average Bonchev–Trinajstić information content (AvgIpc) is 2.37. The molecule has 0 aliphatic heterocycles. The lowest BCUT2D eigenvalue weighted by Gasteiger charge is -2.30. The van der Waals surface area contributed by atoms with Crippen molar-refractivity contribution in [1.29, 1.82) is 0 Å². The smallest absolute Gasteiger partial charge is 0.220 e. The number of unbranched alkanes of at least 4 members (excludes halogenated alkanes) is 1. The molecule has 1 saturated carbocycles. The van der Waals surface area contributed by atoms with E-state index in [2.05, 4.69) is 5.32 Å². The van der Waals surface area contributed by atoms with Gasteiger partial charge in [0.1, 0.15) is 0 Å². The molecular weight excluding hydrogens is 238 g/mol. The number of aliphatic hydroxyl groups is 1. The molecule has 1 rings (SSSR count). The van der Waals surface area contributed by atoms with Crippen LogP contribution in [-0.2, 0) is 4.79 Å². The monoisotopic (exact) mass is 261 g/mol. The van der Waals surface area contributed by atoms with Crippen molar-refractivity contribution in [3.63, 3.8) is 0 Å². The van der Waals surface area contributed by atoms with Crippen LogP contribution in [-0.4, -0.2) is 30.0 Å². The molecule has 1 fully saturated rings. The standard InChI is InChI=1S/C13H24ClNO2/c14-8-4-3-7-13(17)15-9-11-5-1-2-6-12(11)10-16/h11-12,16H,1-10H2,(H,15,17). The maximum atomic E-state index is 11.5. The molecule has 4 heteroatoms. The molecule has 0 aromatic heterocycles. The summed E-state index contributed by atoms with van der Waals surface area (Å²) in [6.45, 7) is 0.984. The van der Waals surface area contributed by atoms with Gasteiger partial charge in [-0.15, -0.1) is 11.6 Å². The van der Waals surface area contributed by atoms with Gasteiger partial charge in [0, 0.05) is 25.5 Å². The summed E-state index contributed by atoms with van der Waals surface area (Å²) in [5, 5.41) is 12.3. The Morgan fingerprint density at radius 3 is 2.59 bits per heavy atom. The average molecular weight is 262 g/mol. The zero-order chi connectivity index (χ0) is 12.5. The van der Waals surface area contributed by atoms with Gasteiger partial charge in [-0.2, -0.15) is 0 Å². The Morgan fingerprint density at radius 1 is 1.24 bits per heavy atom. The number of rotatable bonds is 7. The second kappa shape index (κ2) is 8.76. The molecule has 17 heavy (non-hydrogen) atoms. The molecule has 2 unspecified atom stereocenters. The van der Waals surface area contributed by atoms with Gasteiger partial charge in [-0.1, -0.05) is 12.8 Å². The van der Waals surface area contributed by atoms with Crippen molar-refractivity contribution >= 4 is 17.5 Å². The summed E-state index contributed by atoms with van der Waals surface area (Å²) in [4.78, 5) is 11.5. The van der Waals surface area contributed by atoms with Crippen LogP contribution in [0.4, 0.5) is 0 Å². The van der Waals surface area contributed by atoms with Crippen molar-refractivity contribution in [1.82, 2.24) is 5.32 Å². The number of alkyl halides is 1. The maximum Gasteiger partial charge on any atom is 0.220 e. The van der Waals surface area contributed by atoms with E-state index in [1.807, 2.05) is 0 Å². The number of amides is 1. The summed E-state index contributed by atoms with van der Waals surface area (Å²) in [5.41, 5.74) is 0. The number of carbonyl (C=O) groups excluding carboxylic acids is 1. The Morgan fingerprint density at radius 2 is 1.94 bits per heavy atom. The zero-order valence-corrected chi connectivity index (χ0v) is 11.2. The third kappa shape index (κ3) is 5.73. The van der Waals surface area contributed by atoms with Crippen LogP contribution in [0.1, 0.15) is 44.9 Å². The van der Waals surface area contributed by atoms with Crippen molar-refractivity contribution in [3.05, 3.63) is 0 Å². The molecule has 1 aliphatic rings. The number of aliphatic hydroxyl groups excluding tert-OH is 1. The van der Waals surface area contributed by atoms with Crippen LogP contribution in [0.5, 0.6) is 0 Å². The fraction of sp³-hybridized carbons (Fsp3) is 0.923. The van der Waals surface area contributed by atoms with Gasteiger partial charge in [-0.25, -0.2) is 0 Å². The second-order valence-electron chi connectivity index (χ2n) is 4.94. The summed E-state index contributed by atoms with van der Waals surface area (Å²) in [7, 11) is 0. The zero-order valence-electron chi connectivity index (χ0n) is 10.5. The van der Waals surface area contributed by atoms with Gasteiger partial charge in [-0.3, -0.25) is 4.79 Å². The van der Waals surface area contributed by atoms with Crippen molar-refractivity contribution in [2.75, 3.05) is 19.0 Å². The highest BCUT2D eigenvalue weighted by Crippen LogP contribution is 2.29. The van der Waals surface area contributed by atoms with E-state index in [4.69, 9.17) is 11.6 Å². The molecule has 1 amide bonds. The van der Waals surface area contributed by atoms with E-state index >= 15 is 0 Å². The highest BCUT2D eigenvalue weighted by molar-refractivity contribution is 6.17. The summed E-state index contributed by atoms with van der Waals surface area (Å²) >= 11 is 5.56. The van der Waals surface area contributed by atoms with Crippen LogP contribution in [0.25, 0.3) is 0 Å². The van der Waals surface area contributed by atoms with E-state index < -0.39 is 0 Å².